The number of thiophene rings is 1. The molecule has 0 radical (unpaired) electrons. The number of nitro groups is 1. The molecule has 0 aromatic carbocycles. The first-order valence-corrected chi connectivity index (χ1v) is 8.32. The van der Waals surface area contributed by atoms with Crippen LogP contribution in [0.1, 0.15) is 12.8 Å². The topological polar surface area (TPSA) is 75.9 Å². The molecule has 0 spiro atoms. The Kier molecular flexibility index (Phi) is 4.58. The highest BCUT2D eigenvalue weighted by atomic mass is 32.1. The van der Waals surface area contributed by atoms with Crippen LogP contribution in [0.25, 0.3) is 0 Å². The van der Waals surface area contributed by atoms with E-state index in [1.165, 1.54) is 17.4 Å². The SMILES string of the molecule is O=C(C1CCCN(c2ccc([N+](=O)[O-])s2)C1)N1CCOCC1. The van der Waals surface area contributed by atoms with Crippen LogP contribution in [0.4, 0.5) is 10.0 Å². The van der Waals surface area contributed by atoms with Gasteiger partial charge in [0.1, 0.15) is 0 Å². The summed E-state index contributed by atoms with van der Waals surface area (Å²) in [6.07, 6.45) is 1.83. The molecule has 2 saturated heterocycles. The largest absolute Gasteiger partial charge is 0.378 e. The summed E-state index contributed by atoms with van der Waals surface area (Å²) in [6.45, 7) is 4.05. The minimum Gasteiger partial charge on any atom is -0.378 e. The van der Waals surface area contributed by atoms with Crippen molar-refractivity contribution in [2.24, 2.45) is 5.92 Å². The lowest BCUT2D eigenvalue weighted by Crippen LogP contribution is -2.48. The second-order valence-electron chi connectivity index (χ2n) is 5.59. The number of anilines is 1. The number of morpholine rings is 1. The van der Waals surface area contributed by atoms with Crippen molar-refractivity contribution in [2.45, 2.75) is 12.8 Å². The molecule has 3 rings (SSSR count). The van der Waals surface area contributed by atoms with Crippen LogP contribution < -0.4 is 4.90 Å². The summed E-state index contributed by atoms with van der Waals surface area (Å²) in [6, 6.07) is 3.32. The van der Waals surface area contributed by atoms with Gasteiger partial charge in [0.25, 0.3) is 0 Å². The molecule has 1 aromatic rings. The van der Waals surface area contributed by atoms with E-state index in [0.29, 0.717) is 32.8 Å². The van der Waals surface area contributed by atoms with Gasteiger partial charge in [-0.3, -0.25) is 14.9 Å². The smallest absolute Gasteiger partial charge is 0.326 e. The third-order valence-electron chi connectivity index (χ3n) is 4.16. The number of nitrogens with zero attached hydrogens (tertiary/aromatic N) is 3. The Morgan fingerprint density at radius 3 is 2.77 bits per heavy atom. The van der Waals surface area contributed by atoms with Crippen LogP contribution in [-0.2, 0) is 9.53 Å². The van der Waals surface area contributed by atoms with Gasteiger partial charge in [0, 0.05) is 32.2 Å². The van der Waals surface area contributed by atoms with Gasteiger partial charge in [0.2, 0.25) is 5.91 Å². The average molecular weight is 325 g/mol. The van der Waals surface area contributed by atoms with Crippen LogP contribution in [0.2, 0.25) is 0 Å². The first kappa shape index (κ1) is 15.2. The Balaban J connectivity index is 1.65. The van der Waals surface area contributed by atoms with E-state index < -0.39 is 0 Å². The second kappa shape index (κ2) is 6.62. The minimum absolute atomic E-state index is 0.0204. The molecule has 120 valence electrons. The van der Waals surface area contributed by atoms with Gasteiger partial charge in [0.05, 0.1) is 29.1 Å². The highest BCUT2D eigenvalue weighted by Gasteiger charge is 2.31. The van der Waals surface area contributed by atoms with Gasteiger partial charge < -0.3 is 14.5 Å². The highest BCUT2D eigenvalue weighted by Crippen LogP contribution is 2.34. The Hall–Kier alpha value is -1.67. The molecular weight excluding hydrogens is 306 g/mol. The molecule has 8 heteroatoms. The summed E-state index contributed by atoms with van der Waals surface area (Å²) in [5.74, 6) is 0.173. The molecule has 2 fully saturated rings. The van der Waals surface area contributed by atoms with Crippen molar-refractivity contribution in [3.8, 4) is 0 Å². The minimum atomic E-state index is -0.367. The van der Waals surface area contributed by atoms with Gasteiger partial charge >= 0.3 is 5.00 Å². The quantitative estimate of drug-likeness (QED) is 0.625. The lowest BCUT2D eigenvalue weighted by Gasteiger charge is -2.36. The van der Waals surface area contributed by atoms with Crippen molar-refractivity contribution < 1.29 is 14.5 Å². The molecule has 2 aliphatic heterocycles. The average Bonchev–Trinajstić information content (AvgIpc) is 3.05. The molecule has 0 N–H and O–H groups in total. The fourth-order valence-corrected chi connectivity index (χ4v) is 3.86. The zero-order valence-corrected chi connectivity index (χ0v) is 13.1. The van der Waals surface area contributed by atoms with Crippen molar-refractivity contribution in [3.05, 3.63) is 22.2 Å². The Morgan fingerprint density at radius 2 is 2.09 bits per heavy atom. The van der Waals surface area contributed by atoms with Gasteiger partial charge in [-0.1, -0.05) is 0 Å². The summed E-state index contributed by atoms with van der Waals surface area (Å²) < 4.78 is 5.29. The number of amides is 1. The van der Waals surface area contributed by atoms with Gasteiger partial charge in [-0.2, -0.15) is 0 Å². The van der Waals surface area contributed by atoms with E-state index in [9.17, 15) is 14.9 Å². The summed E-state index contributed by atoms with van der Waals surface area (Å²) in [5, 5.41) is 11.8. The van der Waals surface area contributed by atoms with Crippen molar-refractivity contribution in [1.82, 2.24) is 4.90 Å². The third kappa shape index (κ3) is 3.22. The zero-order chi connectivity index (χ0) is 15.5. The van der Waals surface area contributed by atoms with E-state index in [0.717, 1.165) is 24.4 Å². The van der Waals surface area contributed by atoms with Crippen molar-refractivity contribution in [1.29, 1.82) is 0 Å². The molecule has 0 saturated carbocycles. The van der Waals surface area contributed by atoms with Crippen LogP contribution in [-0.4, -0.2) is 55.1 Å². The Bertz CT molecular complexity index is 556. The molecule has 1 unspecified atom stereocenters. The monoisotopic (exact) mass is 325 g/mol. The summed E-state index contributed by atoms with van der Waals surface area (Å²) in [5.41, 5.74) is 0. The molecular formula is C14H19N3O4S. The summed E-state index contributed by atoms with van der Waals surface area (Å²) in [4.78, 5) is 27.0. The first-order chi connectivity index (χ1) is 10.6. The summed E-state index contributed by atoms with van der Waals surface area (Å²) in [7, 11) is 0. The fourth-order valence-electron chi connectivity index (χ4n) is 3.01. The third-order valence-corrected chi connectivity index (χ3v) is 5.26. The normalized spacial score (nSPS) is 22.6. The van der Waals surface area contributed by atoms with Crippen molar-refractivity contribution in [3.63, 3.8) is 0 Å². The summed E-state index contributed by atoms with van der Waals surface area (Å²) >= 11 is 1.18. The van der Waals surface area contributed by atoms with Crippen LogP contribution in [0.5, 0.6) is 0 Å². The molecule has 22 heavy (non-hydrogen) atoms. The van der Waals surface area contributed by atoms with E-state index in [4.69, 9.17) is 4.74 Å². The molecule has 1 amide bonds. The van der Waals surface area contributed by atoms with Gasteiger partial charge in [-0.25, -0.2) is 0 Å². The number of hydrogen-bond donors (Lipinski definition) is 0. The van der Waals surface area contributed by atoms with Gasteiger partial charge in [-0.15, -0.1) is 0 Å². The van der Waals surface area contributed by atoms with E-state index in [1.54, 1.807) is 6.07 Å². The van der Waals surface area contributed by atoms with E-state index in [1.807, 2.05) is 4.90 Å². The molecule has 3 heterocycles. The number of rotatable bonds is 3. The van der Waals surface area contributed by atoms with Gasteiger partial charge in [-0.05, 0) is 30.2 Å². The fraction of sp³-hybridized carbons (Fsp3) is 0.643. The zero-order valence-electron chi connectivity index (χ0n) is 12.3. The van der Waals surface area contributed by atoms with E-state index >= 15 is 0 Å². The highest BCUT2D eigenvalue weighted by molar-refractivity contribution is 7.19. The second-order valence-corrected chi connectivity index (χ2v) is 6.63. The van der Waals surface area contributed by atoms with Crippen LogP contribution in [0.15, 0.2) is 12.1 Å². The number of carbonyl (C=O) groups is 1. The molecule has 1 atom stereocenters. The van der Waals surface area contributed by atoms with Crippen LogP contribution in [0.3, 0.4) is 0 Å². The van der Waals surface area contributed by atoms with Crippen LogP contribution >= 0.6 is 11.3 Å². The molecule has 7 nitrogen and oxygen atoms in total. The van der Waals surface area contributed by atoms with Crippen molar-refractivity contribution >= 4 is 27.2 Å². The predicted molar refractivity (Wildman–Crippen MR) is 83.3 cm³/mol. The standard InChI is InChI=1S/C14H19N3O4S/c18-14(15-6-8-21-9-7-15)11-2-1-5-16(10-11)12-3-4-13(22-12)17(19)20/h3-4,11H,1-2,5-10H2. The number of hydrogen-bond acceptors (Lipinski definition) is 6. The van der Waals surface area contributed by atoms with E-state index in [2.05, 4.69) is 4.90 Å². The maximum atomic E-state index is 12.6. The lowest BCUT2D eigenvalue weighted by molar-refractivity contribution is -0.380. The molecule has 2 aliphatic rings. The Labute approximate surface area is 132 Å². The number of ether oxygens (including phenoxy) is 1. The maximum Gasteiger partial charge on any atom is 0.326 e. The maximum absolute atomic E-state index is 12.6. The van der Waals surface area contributed by atoms with Crippen LogP contribution in [0, 0.1) is 16.0 Å². The molecule has 0 bridgehead atoms. The van der Waals surface area contributed by atoms with E-state index in [-0.39, 0.29) is 21.7 Å². The number of piperidine rings is 1. The van der Waals surface area contributed by atoms with Crippen molar-refractivity contribution in [2.75, 3.05) is 44.3 Å². The molecule has 0 aliphatic carbocycles. The first-order valence-electron chi connectivity index (χ1n) is 7.51. The Morgan fingerprint density at radius 1 is 1.32 bits per heavy atom. The lowest BCUT2D eigenvalue weighted by atomic mass is 9.96. The number of carbonyl (C=O) groups excluding carboxylic acids is 1. The predicted octanol–water partition coefficient (Wildman–Crippen LogP) is 1.73. The molecule has 1 aromatic heterocycles. The van der Waals surface area contributed by atoms with Gasteiger partial charge in [0.15, 0.2) is 0 Å².